The number of carbonyl (C=O) groups is 2. The highest BCUT2D eigenvalue weighted by Crippen LogP contribution is 2.44. The molecule has 0 saturated carbocycles. The first kappa shape index (κ1) is 24.8. The van der Waals surface area contributed by atoms with E-state index in [0.29, 0.717) is 11.4 Å². The average molecular weight is 533 g/mol. The molecule has 41 heavy (non-hydrogen) atoms. The van der Waals surface area contributed by atoms with Crippen LogP contribution in [0.15, 0.2) is 135 Å². The average Bonchev–Trinajstić information content (AvgIpc) is 3.20. The number of fused-ring (bicyclic) bond motifs is 4. The van der Waals surface area contributed by atoms with E-state index in [2.05, 4.69) is 61.7 Å². The predicted molar refractivity (Wildman–Crippen MR) is 170 cm³/mol. The maximum absolute atomic E-state index is 14.4. The molecule has 0 aromatic heterocycles. The first-order valence-electron chi connectivity index (χ1n) is 13.8. The van der Waals surface area contributed by atoms with Gasteiger partial charge < -0.3 is 0 Å². The van der Waals surface area contributed by atoms with E-state index in [0.717, 1.165) is 43.1 Å². The molecule has 1 fully saturated rings. The highest BCUT2D eigenvalue weighted by atomic mass is 16.2. The van der Waals surface area contributed by atoms with Gasteiger partial charge in [0.25, 0.3) is 11.8 Å². The molecular formula is C37H28N2O2. The summed E-state index contributed by atoms with van der Waals surface area (Å²) in [6.45, 7) is 7.76. The Morgan fingerprint density at radius 3 is 1.20 bits per heavy atom. The van der Waals surface area contributed by atoms with Crippen LogP contribution in [-0.2, 0) is 9.59 Å². The number of allylic oxidation sites excluding steroid dienone is 2. The zero-order valence-corrected chi connectivity index (χ0v) is 22.6. The molecule has 0 N–H and O–H groups in total. The minimum absolute atomic E-state index is 0.222. The standard InChI is InChI=1S/C37H28N2O2/c1-3-17-37(18-4-2)35(40)38(33-15-13-29-19-25-9-5-7-11-27(25)21-31(29)23-33)39(36(37)41)34-16-14-30-20-26-10-6-8-12-28(26)22-32(30)24-34/h3-16,19-24H,1-2,17-18H2. The third-order valence-corrected chi connectivity index (χ3v) is 8.26. The molecule has 0 unspecified atom stereocenters. The van der Waals surface area contributed by atoms with Crippen LogP contribution < -0.4 is 10.0 Å². The second-order valence-corrected chi connectivity index (χ2v) is 10.8. The molecule has 1 aliphatic rings. The van der Waals surface area contributed by atoms with Crippen LogP contribution in [0.4, 0.5) is 11.4 Å². The lowest BCUT2D eigenvalue weighted by Crippen LogP contribution is -2.41. The van der Waals surface area contributed by atoms with Crippen molar-refractivity contribution in [3.63, 3.8) is 0 Å². The van der Waals surface area contributed by atoms with Gasteiger partial charge in [-0.2, -0.15) is 0 Å². The normalized spacial score (nSPS) is 14.9. The maximum atomic E-state index is 14.4. The van der Waals surface area contributed by atoms with Crippen LogP contribution in [0.25, 0.3) is 43.1 Å². The molecule has 0 aliphatic carbocycles. The van der Waals surface area contributed by atoms with Gasteiger partial charge in [-0.05, 0) is 104 Å². The van der Waals surface area contributed by atoms with Crippen molar-refractivity contribution in [1.29, 1.82) is 0 Å². The molecule has 2 amide bonds. The molecule has 0 radical (unpaired) electrons. The van der Waals surface area contributed by atoms with Crippen molar-refractivity contribution in [3.05, 3.63) is 135 Å². The number of benzene rings is 6. The van der Waals surface area contributed by atoms with Gasteiger partial charge in [0.15, 0.2) is 0 Å². The third-order valence-electron chi connectivity index (χ3n) is 8.26. The number of hydrogen-bond acceptors (Lipinski definition) is 2. The van der Waals surface area contributed by atoms with Gasteiger partial charge in [0, 0.05) is 0 Å². The van der Waals surface area contributed by atoms with Gasteiger partial charge in [-0.25, -0.2) is 10.0 Å². The second-order valence-electron chi connectivity index (χ2n) is 10.8. The van der Waals surface area contributed by atoms with Crippen molar-refractivity contribution in [1.82, 2.24) is 0 Å². The molecule has 1 heterocycles. The van der Waals surface area contributed by atoms with E-state index in [1.54, 1.807) is 22.2 Å². The van der Waals surface area contributed by atoms with E-state index in [1.165, 1.54) is 0 Å². The number of amides is 2. The summed E-state index contributed by atoms with van der Waals surface area (Å²) in [6, 6.07) is 36.8. The molecular weight excluding hydrogens is 504 g/mol. The first-order valence-corrected chi connectivity index (χ1v) is 13.8. The quantitative estimate of drug-likeness (QED) is 0.122. The van der Waals surface area contributed by atoms with Crippen molar-refractivity contribution in [3.8, 4) is 0 Å². The summed E-state index contributed by atoms with van der Waals surface area (Å²) in [5.41, 5.74) is -0.0281. The first-order chi connectivity index (χ1) is 20.0. The van der Waals surface area contributed by atoms with Crippen LogP contribution in [0.3, 0.4) is 0 Å². The Morgan fingerprint density at radius 2 is 0.829 bits per heavy atom. The van der Waals surface area contributed by atoms with Crippen LogP contribution in [0.5, 0.6) is 0 Å². The van der Waals surface area contributed by atoms with Crippen LogP contribution >= 0.6 is 0 Å². The lowest BCUT2D eigenvalue weighted by atomic mass is 9.80. The maximum Gasteiger partial charge on any atom is 0.262 e. The lowest BCUT2D eigenvalue weighted by molar-refractivity contribution is -0.134. The Kier molecular flexibility index (Phi) is 5.72. The summed E-state index contributed by atoms with van der Waals surface area (Å²) < 4.78 is 0. The van der Waals surface area contributed by atoms with E-state index in [9.17, 15) is 9.59 Å². The van der Waals surface area contributed by atoms with Crippen molar-refractivity contribution in [2.45, 2.75) is 12.8 Å². The van der Waals surface area contributed by atoms with Gasteiger partial charge >= 0.3 is 0 Å². The summed E-state index contributed by atoms with van der Waals surface area (Å²) in [4.78, 5) is 28.7. The molecule has 4 heteroatoms. The van der Waals surface area contributed by atoms with Crippen molar-refractivity contribution >= 4 is 66.3 Å². The lowest BCUT2D eigenvalue weighted by Gasteiger charge is -2.28. The SMILES string of the molecule is C=CCC1(CC=C)C(=O)N(c2ccc3cc4ccccc4cc3c2)N(c2ccc3cc4ccccc4cc3c2)C1=O. The third kappa shape index (κ3) is 3.83. The zero-order chi connectivity index (χ0) is 28.1. The Morgan fingerprint density at radius 1 is 0.488 bits per heavy atom. The second kappa shape index (κ2) is 9.46. The highest BCUT2D eigenvalue weighted by Gasteiger charge is 2.58. The van der Waals surface area contributed by atoms with Gasteiger partial charge in [0.2, 0.25) is 0 Å². The summed E-state index contributed by atoms with van der Waals surface area (Å²) in [5, 5.41) is 11.8. The number of rotatable bonds is 6. The summed E-state index contributed by atoms with van der Waals surface area (Å²) in [5.74, 6) is -0.554. The Bertz CT molecular complexity index is 1910. The summed E-state index contributed by atoms with van der Waals surface area (Å²) in [7, 11) is 0. The number of hydrazine groups is 1. The number of hydrogen-bond donors (Lipinski definition) is 0. The number of carbonyl (C=O) groups excluding carboxylic acids is 2. The predicted octanol–water partition coefficient (Wildman–Crippen LogP) is 8.73. The molecule has 0 spiro atoms. The Balaban J connectivity index is 1.42. The van der Waals surface area contributed by atoms with Crippen LogP contribution in [0, 0.1) is 5.41 Å². The van der Waals surface area contributed by atoms with Crippen molar-refractivity contribution in [2.24, 2.45) is 5.41 Å². The van der Waals surface area contributed by atoms with Gasteiger partial charge in [0.1, 0.15) is 5.41 Å². The van der Waals surface area contributed by atoms with Crippen molar-refractivity contribution < 1.29 is 9.59 Å². The highest BCUT2D eigenvalue weighted by molar-refractivity contribution is 6.27. The van der Waals surface area contributed by atoms with Gasteiger partial charge in [-0.3, -0.25) is 9.59 Å². The number of nitrogens with zero attached hydrogens (tertiary/aromatic N) is 2. The minimum atomic E-state index is -1.31. The minimum Gasteiger partial charge on any atom is -0.271 e. The fraction of sp³-hybridized carbons (Fsp3) is 0.0811. The van der Waals surface area contributed by atoms with E-state index in [1.807, 2.05) is 60.7 Å². The van der Waals surface area contributed by atoms with Gasteiger partial charge in [0.05, 0.1) is 11.4 Å². The zero-order valence-electron chi connectivity index (χ0n) is 22.6. The Hall–Kier alpha value is -5.22. The molecule has 0 atom stereocenters. The van der Waals surface area contributed by atoms with Crippen LogP contribution in [-0.4, -0.2) is 11.8 Å². The molecule has 7 rings (SSSR count). The fourth-order valence-corrected chi connectivity index (χ4v) is 6.19. The molecule has 0 bridgehead atoms. The molecule has 1 aliphatic heterocycles. The van der Waals surface area contributed by atoms with Crippen LogP contribution in [0.1, 0.15) is 12.8 Å². The van der Waals surface area contributed by atoms with Crippen LogP contribution in [0.2, 0.25) is 0 Å². The summed E-state index contributed by atoms with van der Waals surface area (Å²) in [6.07, 6.45) is 3.75. The van der Waals surface area contributed by atoms with Gasteiger partial charge in [-0.1, -0.05) is 72.8 Å². The molecule has 6 aromatic rings. The molecule has 198 valence electrons. The van der Waals surface area contributed by atoms with E-state index in [4.69, 9.17) is 0 Å². The molecule has 1 saturated heterocycles. The number of anilines is 2. The van der Waals surface area contributed by atoms with E-state index >= 15 is 0 Å². The van der Waals surface area contributed by atoms with E-state index in [-0.39, 0.29) is 24.7 Å². The Labute approximate surface area is 238 Å². The van der Waals surface area contributed by atoms with E-state index < -0.39 is 5.41 Å². The monoisotopic (exact) mass is 532 g/mol. The topological polar surface area (TPSA) is 40.6 Å². The van der Waals surface area contributed by atoms with Gasteiger partial charge in [-0.15, -0.1) is 13.2 Å². The van der Waals surface area contributed by atoms with Crippen molar-refractivity contribution in [2.75, 3.05) is 10.0 Å². The molecule has 6 aromatic carbocycles. The summed E-state index contributed by atoms with van der Waals surface area (Å²) >= 11 is 0. The molecule has 4 nitrogen and oxygen atoms in total. The fourth-order valence-electron chi connectivity index (χ4n) is 6.19. The smallest absolute Gasteiger partial charge is 0.262 e. The largest absolute Gasteiger partial charge is 0.271 e.